The smallest absolute Gasteiger partial charge is 0.315 e. The van der Waals surface area contributed by atoms with Gasteiger partial charge in [-0.3, -0.25) is 0 Å². The van der Waals surface area contributed by atoms with Gasteiger partial charge in [0.25, 0.3) is 0 Å². The number of aliphatic hydroxyl groups is 1. The maximum Gasteiger partial charge on any atom is 0.315 e. The minimum Gasteiger partial charge on any atom is -0.388 e. The van der Waals surface area contributed by atoms with Gasteiger partial charge in [-0.2, -0.15) is 0 Å². The molecule has 2 fully saturated rings. The molecule has 0 aromatic carbocycles. The summed E-state index contributed by atoms with van der Waals surface area (Å²) in [6, 6.07) is -0.0901. The number of hydrogen-bond acceptors (Lipinski definition) is 3. The Balaban J connectivity index is 1.74. The Labute approximate surface area is 121 Å². The number of nitrogens with one attached hydrogen (secondary N) is 2. The standard InChI is InChI=1S/C15H28N2O3/c1-20-13-8-4-3-7-12(13)17-14(18)16-11-15(19)9-5-2-6-10-15/h12-13,19H,2-11H2,1H3,(H2,16,17,18). The van der Waals surface area contributed by atoms with Gasteiger partial charge < -0.3 is 20.5 Å². The maximum atomic E-state index is 12.0. The molecule has 2 rings (SSSR count). The molecule has 0 aromatic rings. The van der Waals surface area contributed by atoms with Gasteiger partial charge in [-0.1, -0.05) is 32.1 Å². The predicted molar refractivity (Wildman–Crippen MR) is 77.6 cm³/mol. The van der Waals surface area contributed by atoms with Gasteiger partial charge in [0.1, 0.15) is 0 Å². The highest BCUT2D eigenvalue weighted by Crippen LogP contribution is 2.27. The van der Waals surface area contributed by atoms with E-state index in [1.807, 2.05) is 0 Å². The zero-order chi connectivity index (χ0) is 14.4. The van der Waals surface area contributed by atoms with Crippen LogP contribution in [0.4, 0.5) is 4.79 Å². The van der Waals surface area contributed by atoms with Crippen molar-refractivity contribution in [3.05, 3.63) is 0 Å². The summed E-state index contributed by atoms with van der Waals surface area (Å²) in [6.45, 7) is 0.350. The van der Waals surface area contributed by atoms with Gasteiger partial charge in [0.05, 0.1) is 17.7 Å². The van der Waals surface area contributed by atoms with E-state index in [0.29, 0.717) is 6.54 Å². The fraction of sp³-hybridized carbons (Fsp3) is 0.933. The molecule has 0 heterocycles. The molecule has 2 atom stereocenters. The molecule has 5 heteroatoms. The van der Waals surface area contributed by atoms with Gasteiger partial charge in [-0.15, -0.1) is 0 Å². The number of carbonyl (C=O) groups excluding carboxylic acids is 1. The van der Waals surface area contributed by atoms with Crippen LogP contribution in [0.5, 0.6) is 0 Å². The van der Waals surface area contributed by atoms with E-state index in [4.69, 9.17) is 4.74 Å². The number of urea groups is 1. The van der Waals surface area contributed by atoms with Crippen molar-refractivity contribution in [2.24, 2.45) is 0 Å². The third kappa shape index (κ3) is 4.35. The molecule has 20 heavy (non-hydrogen) atoms. The lowest BCUT2D eigenvalue weighted by atomic mass is 9.85. The largest absolute Gasteiger partial charge is 0.388 e. The third-order valence-corrected chi connectivity index (χ3v) is 4.68. The van der Waals surface area contributed by atoms with Crippen LogP contribution in [0.3, 0.4) is 0 Å². The highest BCUT2D eigenvalue weighted by atomic mass is 16.5. The van der Waals surface area contributed by atoms with E-state index in [-0.39, 0.29) is 18.2 Å². The highest BCUT2D eigenvalue weighted by Gasteiger charge is 2.30. The molecule has 0 aromatic heterocycles. The average Bonchev–Trinajstić information content (AvgIpc) is 2.47. The summed E-state index contributed by atoms with van der Waals surface area (Å²) in [5.74, 6) is 0. The Morgan fingerprint density at radius 3 is 2.60 bits per heavy atom. The number of rotatable bonds is 4. The van der Waals surface area contributed by atoms with Gasteiger partial charge in [0.15, 0.2) is 0 Å². The Hall–Kier alpha value is -0.810. The summed E-state index contributed by atoms with van der Waals surface area (Å²) in [6.07, 6.45) is 9.25. The molecular formula is C15H28N2O3. The molecule has 0 spiro atoms. The zero-order valence-corrected chi connectivity index (χ0v) is 12.5. The van der Waals surface area contributed by atoms with Crippen LogP contribution in [0.2, 0.25) is 0 Å². The number of carbonyl (C=O) groups is 1. The molecule has 2 saturated carbocycles. The fourth-order valence-electron chi connectivity index (χ4n) is 3.39. The van der Waals surface area contributed by atoms with Gasteiger partial charge in [0.2, 0.25) is 0 Å². The minimum absolute atomic E-state index is 0.0924. The first-order valence-electron chi connectivity index (χ1n) is 7.92. The maximum absolute atomic E-state index is 12.0. The van der Waals surface area contributed by atoms with Crippen molar-refractivity contribution in [1.82, 2.24) is 10.6 Å². The zero-order valence-electron chi connectivity index (χ0n) is 12.5. The first-order chi connectivity index (χ1) is 9.63. The number of ether oxygens (including phenoxy) is 1. The second-order valence-corrected chi connectivity index (χ2v) is 6.28. The van der Waals surface area contributed by atoms with E-state index in [2.05, 4.69) is 10.6 Å². The average molecular weight is 284 g/mol. The third-order valence-electron chi connectivity index (χ3n) is 4.68. The summed E-state index contributed by atoms with van der Waals surface area (Å²) in [5, 5.41) is 16.2. The lowest BCUT2D eigenvalue weighted by Crippen LogP contribution is -2.52. The van der Waals surface area contributed by atoms with Crippen LogP contribution in [0, 0.1) is 0 Å². The topological polar surface area (TPSA) is 70.6 Å². The molecular weight excluding hydrogens is 256 g/mol. The van der Waals surface area contributed by atoms with Crippen molar-refractivity contribution < 1.29 is 14.6 Å². The molecule has 2 amide bonds. The summed E-state index contributed by atoms with van der Waals surface area (Å²) in [7, 11) is 1.70. The fourth-order valence-corrected chi connectivity index (χ4v) is 3.39. The molecule has 5 nitrogen and oxygen atoms in total. The summed E-state index contributed by atoms with van der Waals surface area (Å²) in [4.78, 5) is 12.0. The second-order valence-electron chi connectivity index (χ2n) is 6.28. The van der Waals surface area contributed by atoms with Crippen LogP contribution < -0.4 is 10.6 Å². The normalized spacial score (nSPS) is 29.7. The highest BCUT2D eigenvalue weighted by molar-refractivity contribution is 5.74. The first kappa shape index (κ1) is 15.6. The van der Waals surface area contributed by atoms with Crippen LogP contribution in [0.25, 0.3) is 0 Å². The van der Waals surface area contributed by atoms with Gasteiger partial charge in [-0.05, 0) is 25.7 Å². The van der Waals surface area contributed by atoms with E-state index >= 15 is 0 Å². The first-order valence-corrected chi connectivity index (χ1v) is 7.92. The van der Waals surface area contributed by atoms with Gasteiger partial charge >= 0.3 is 6.03 Å². The molecule has 2 unspecified atom stereocenters. The number of methoxy groups -OCH3 is 1. The van der Waals surface area contributed by atoms with Crippen molar-refractivity contribution in [3.8, 4) is 0 Å². The van der Waals surface area contributed by atoms with E-state index < -0.39 is 5.60 Å². The van der Waals surface area contributed by atoms with Crippen LogP contribution >= 0.6 is 0 Å². The predicted octanol–water partition coefficient (Wildman–Crippen LogP) is 1.94. The lowest BCUT2D eigenvalue weighted by Gasteiger charge is -2.34. The van der Waals surface area contributed by atoms with Crippen molar-refractivity contribution >= 4 is 6.03 Å². The summed E-state index contributed by atoms with van der Waals surface area (Å²) < 4.78 is 5.43. The molecule has 0 saturated heterocycles. The Bertz CT molecular complexity index is 316. The molecule has 2 aliphatic rings. The van der Waals surface area contributed by atoms with E-state index in [1.165, 1.54) is 6.42 Å². The summed E-state index contributed by atoms with van der Waals surface area (Å²) >= 11 is 0. The lowest BCUT2D eigenvalue weighted by molar-refractivity contribution is 0.00648. The van der Waals surface area contributed by atoms with Crippen LogP contribution in [0.15, 0.2) is 0 Å². The quantitative estimate of drug-likeness (QED) is 0.739. The molecule has 0 aliphatic heterocycles. The molecule has 3 N–H and O–H groups in total. The van der Waals surface area contributed by atoms with E-state index in [1.54, 1.807) is 7.11 Å². The number of amides is 2. The second kappa shape index (κ2) is 7.27. The van der Waals surface area contributed by atoms with Crippen molar-refractivity contribution in [3.63, 3.8) is 0 Å². The van der Waals surface area contributed by atoms with Gasteiger partial charge in [0, 0.05) is 13.7 Å². The van der Waals surface area contributed by atoms with Crippen LogP contribution in [-0.4, -0.2) is 42.5 Å². The Morgan fingerprint density at radius 2 is 1.90 bits per heavy atom. The summed E-state index contributed by atoms with van der Waals surface area (Å²) in [5.41, 5.74) is -0.706. The monoisotopic (exact) mass is 284 g/mol. The van der Waals surface area contributed by atoms with Crippen LogP contribution in [-0.2, 0) is 4.74 Å². The van der Waals surface area contributed by atoms with Crippen molar-refractivity contribution in [1.29, 1.82) is 0 Å². The molecule has 0 bridgehead atoms. The van der Waals surface area contributed by atoms with Crippen molar-refractivity contribution in [2.75, 3.05) is 13.7 Å². The molecule has 0 radical (unpaired) electrons. The molecule has 2 aliphatic carbocycles. The minimum atomic E-state index is -0.706. The Kier molecular flexibility index (Phi) is 5.66. The van der Waals surface area contributed by atoms with Crippen LogP contribution in [0.1, 0.15) is 57.8 Å². The molecule has 116 valence electrons. The van der Waals surface area contributed by atoms with E-state index in [0.717, 1.165) is 51.4 Å². The van der Waals surface area contributed by atoms with Crippen molar-refractivity contribution in [2.45, 2.75) is 75.5 Å². The van der Waals surface area contributed by atoms with Gasteiger partial charge in [-0.25, -0.2) is 4.79 Å². The number of hydrogen-bond donors (Lipinski definition) is 3. The van der Waals surface area contributed by atoms with E-state index in [9.17, 15) is 9.90 Å². The SMILES string of the molecule is COC1CCCCC1NC(=O)NCC1(O)CCCCC1. The Morgan fingerprint density at radius 1 is 1.20 bits per heavy atom.